The van der Waals surface area contributed by atoms with E-state index in [-0.39, 0.29) is 5.56 Å². The maximum absolute atomic E-state index is 12.5. The Morgan fingerprint density at radius 3 is 2.69 bits per heavy atom. The normalized spacial score (nSPS) is 16.3. The number of hydrogen-bond donors (Lipinski definition) is 1. The van der Waals surface area contributed by atoms with Gasteiger partial charge in [0.15, 0.2) is 6.10 Å². The summed E-state index contributed by atoms with van der Waals surface area (Å²) in [5.41, 5.74) is 2.31. The summed E-state index contributed by atoms with van der Waals surface area (Å²) in [4.78, 5) is 36.8. The predicted octanol–water partition coefficient (Wildman–Crippen LogP) is 2.45. The van der Waals surface area contributed by atoms with E-state index in [1.54, 1.807) is 12.1 Å². The third-order valence-electron chi connectivity index (χ3n) is 4.65. The van der Waals surface area contributed by atoms with Crippen molar-refractivity contribution >= 4 is 17.8 Å². The summed E-state index contributed by atoms with van der Waals surface area (Å²) in [6.45, 7) is 2.20. The first-order valence-electron chi connectivity index (χ1n) is 9.36. The summed E-state index contributed by atoms with van der Waals surface area (Å²) in [7, 11) is 1.53. The summed E-state index contributed by atoms with van der Waals surface area (Å²) in [6.07, 6.45) is -0.899. The van der Waals surface area contributed by atoms with Crippen LogP contribution in [0.2, 0.25) is 0 Å². The fourth-order valence-corrected chi connectivity index (χ4v) is 3.08. The molecule has 0 saturated heterocycles. The van der Waals surface area contributed by atoms with Crippen LogP contribution in [-0.2, 0) is 25.4 Å². The van der Waals surface area contributed by atoms with Gasteiger partial charge >= 0.3 is 11.9 Å². The standard InChI is InChI=1S/C22H23NO6/c1-14(20(24)23-10-11-27-2)28-21(25)16-8-9-18-17(12-16)13-19(29-22(18)26)15-6-4-3-5-7-15/h3-9,12,14,19H,10-11,13H2,1-2H3,(H,23,24)/t14-,19+/m0/s1. The molecule has 0 saturated carbocycles. The number of rotatable bonds is 7. The molecular formula is C22H23NO6. The number of amides is 1. The Balaban J connectivity index is 1.70. The highest BCUT2D eigenvalue weighted by Crippen LogP contribution is 2.31. The summed E-state index contributed by atoms with van der Waals surface area (Å²) in [5, 5.41) is 2.62. The fraction of sp³-hybridized carbons (Fsp3) is 0.318. The SMILES string of the molecule is COCCNC(=O)[C@H](C)OC(=O)c1ccc2c(c1)C[C@H](c1ccccc1)OC2=O. The van der Waals surface area contributed by atoms with Crippen molar-refractivity contribution in [3.05, 3.63) is 70.8 Å². The van der Waals surface area contributed by atoms with Crippen LogP contribution < -0.4 is 5.32 Å². The van der Waals surface area contributed by atoms with Crippen LogP contribution in [0.5, 0.6) is 0 Å². The van der Waals surface area contributed by atoms with Crippen LogP contribution in [0.3, 0.4) is 0 Å². The maximum Gasteiger partial charge on any atom is 0.339 e. The van der Waals surface area contributed by atoms with Crippen LogP contribution in [0, 0.1) is 0 Å². The third-order valence-corrected chi connectivity index (χ3v) is 4.65. The van der Waals surface area contributed by atoms with Crippen molar-refractivity contribution in [2.75, 3.05) is 20.3 Å². The second-order valence-electron chi connectivity index (χ2n) is 6.71. The molecule has 1 aliphatic rings. The molecule has 1 amide bonds. The first kappa shape index (κ1) is 20.5. The Bertz CT molecular complexity index is 895. The molecule has 2 aromatic carbocycles. The highest BCUT2D eigenvalue weighted by atomic mass is 16.6. The lowest BCUT2D eigenvalue weighted by atomic mass is 9.93. The number of cyclic esters (lactones) is 1. The molecule has 152 valence electrons. The van der Waals surface area contributed by atoms with Crippen molar-refractivity contribution < 1.29 is 28.6 Å². The van der Waals surface area contributed by atoms with Gasteiger partial charge in [-0.2, -0.15) is 0 Å². The number of hydrogen-bond acceptors (Lipinski definition) is 6. The first-order chi connectivity index (χ1) is 14.0. The van der Waals surface area contributed by atoms with E-state index in [4.69, 9.17) is 14.2 Å². The van der Waals surface area contributed by atoms with E-state index in [0.717, 1.165) is 5.56 Å². The Morgan fingerprint density at radius 2 is 1.97 bits per heavy atom. The van der Waals surface area contributed by atoms with Crippen LogP contribution in [0.25, 0.3) is 0 Å². The van der Waals surface area contributed by atoms with E-state index in [1.165, 1.54) is 20.1 Å². The van der Waals surface area contributed by atoms with E-state index in [2.05, 4.69) is 5.32 Å². The zero-order valence-electron chi connectivity index (χ0n) is 16.3. The number of ether oxygens (including phenoxy) is 3. The second-order valence-corrected chi connectivity index (χ2v) is 6.71. The van der Waals surface area contributed by atoms with Gasteiger partial charge in [-0.3, -0.25) is 4.79 Å². The van der Waals surface area contributed by atoms with Gasteiger partial charge in [0.25, 0.3) is 5.91 Å². The van der Waals surface area contributed by atoms with Crippen molar-refractivity contribution in [1.29, 1.82) is 0 Å². The van der Waals surface area contributed by atoms with Crippen LogP contribution in [-0.4, -0.2) is 44.2 Å². The van der Waals surface area contributed by atoms with E-state index in [0.29, 0.717) is 30.7 Å². The molecule has 1 aliphatic heterocycles. The third kappa shape index (κ3) is 5.00. The van der Waals surface area contributed by atoms with Crippen LogP contribution in [0.15, 0.2) is 48.5 Å². The molecule has 0 fully saturated rings. The minimum Gasteiger partial charge on any atom is -0.454 e. The molecule has 0 aliphatic carbocycles. The minimum atomic E-state index is -0.947. The van der Waals surface area contributed by atoms with Crippen molar-refractivity contribution in [3.63, 3.8) is 0 Å². The van der Waals surface area contributed by atoms with Gasteiger partial charge in [-0.1, -0.05) is 30.3 Å². The number of esters is 2. The summed E-state index contributed by atoms with van der Waals surface area (Å²) < 4.78 is 15.6. The Labute approximate surface area is 169 Å². The Morgan fingerprint density at radius 1 is 1.21 bits per heavy atom. The van der Waals surface area contributed by atoms with Crippen molar-refractivity contribution in [3.8, 4) is 0 Å². The summed E-state index contributed by atoms with van der Waals surface area (Å²) in [5.74, 6) is -1.45. The molecule has 3 rings (SSSR count). The molecule has 0 bridgehead atoms. The van der Waals surface area contributed by atoms with Gasteiger partial charge in [0.05, 0.1) is 17.7 Å². The quantitative estimate of drug-likeness (QED) is 0.570. The number of benzene rings is 2. The Hall–Kier alpha value is -3.19. The molecule has 2 atom stereocenters. The molecule has 29 heavy (non-hydrogen) atoms. The lowest BCUT2D eigenvalue weighted by Crippen LogP contribution is -2.37. The van der Waals surface area contributed by atoms with Crippen molar-refractivity contribution in [2.45, 2.75) is 25.6 Å². The topological polar surface area (TPSA) is 90.9 Å². The molecule has 7 nitrogen and oxygen atoms in total. The van der Waals surface area contributed by atoms with Gasteiger partial charge in [-0.15, -0.1) is 0 Å². The Kier molecular flexibility index (Phi) is 6.61. The number of carbonyl (C=O) groups excluding carboxylic acids is 3. The highest BCUT2D eigenvalue weighted by molar-refractivity contribution is 5.96. The van der Waals surface area contributed by atoms with Gasteiger partial charge < -0.3 is 19.5 Å². The van der Waals surface area contributed by atoms with Gasteiger partial charge in [-0.25, -0.2) is 9.59 Å². The van der Waals surface area contributed by atoms with Crippen LogP contribution in [0.4, 0.5) is 0 Å². The molecule has 2 aromatic rings. The van der Waals surface area contributed by atoms with E-state index in [1.807, 2.05) is 30.3 Å². The largest absolute Gasteiger partial charge is 0.454 e. The number of carbonyl (C=O) groups is 3. The molecule has 0 spiro atoms. The van der Waals surface area contributed by atoms with Gasteiger partial charge in [-0.05, 0) is 36.2 Å². The van der Waals surface area contributed by atoms with E-state index >= 15 is 0 Å². The lowest BCUT2D eigenvalue weighted by molar-refractivity contribution is -0.129. The average molecular weight is 397 g/mol. The van der Waals surface area contributed by atoms with Crippen molar-refractivity contribution in [1.82, 2.24) is 5.32 Å². The second kappa shape index (κ2) is 9.34. The monoisotopic (exact) mass is 397 g/mol. The molecule has 0 unspecified atom stereocenters. The van der Waals surface area contributed by atoms with Gasteiger partial charge in [0.1, 0.15) is 6.10 Å². The number of nitrogens with one attached hydrogen (secondary N) is 1. The predicted molar refractivity (Wildman–Crippen MR) is 105 cm³/mol. The number of fused-ring (bicyclic) bond motifs is 1. The molecule has 0 aromatic heterocycles. The highest BCUT2D eigenvalue weighted by Gasteiger charge is 2.28. The minimum absolute atomic E-state index is 0.279. The maximum atomic E-state index is 12.5. The van der Waals surface area contributed by atoms with E-state index < -0.39 is 30.1 Å². The molecule has 1 heterocycles. The zero-order valence-corrected chi connectivity index (χ0v) is 16.3. The van der Waals surface area contributed by atoms with Crippen LogP contribution in [0.1, 0.15) is 44.9 Å². The van der Waals surface area contributed by atoms with Crippen molar-refractivity contribution in [2.24, 2.45) is 0 Å². The molecular weight excluding hydrogens is 374 g/mol. The molecule has 1 N–H and O–H groups in total. The van der Waals surface area contributed by atoms with Crippen LogP contribution >= 0.6 is 0 Å². The summed E-state index contributed by atoms with van der Waals surface area (Å²) in [6, 6.07) is 14.1. The summed E-state index contributed by atoms with van der Waals surface area (Å²) >= 11 is 0. The smallest absolute Gasteiger partial charge is 0.339 e. The first-order valence-corrected chi connectivity index (χ1v) is 9.36. The zero-order chi connectivity index (χ0) is 20.8. The van der Waals surface area contributed by atoms with E-state index in [9.17, 15) is 14.4 Å². The molecule has 0 radical (unpaired) electrons. The average Bonchev–Trinajstić information content (AvgIpc) is 2.73. The van der Waals surface area contributed by atoms with Gasteiger partial charge in [0.2, 0.25) is 0 Å². The van der Waals surface area contributed by atoms with Gasteiger partial charge in [0, 0.05) is 20.1 Å². The molecule has 7 heteroatoms. The number of methoxy groups -OCH3 is 1. The lowest BCUT2D eigenvalue weighted by Gasteiger charge is -2.25. The fourth-order valence-electron chi connectivity index (χ4n) is 3.08.